The summed E-state index contributed by atoms with van der Waals surface area (Å²) in [4.78, 5) is 12.1. The van der Waals surface area contributed by atoms with Gasteiger partial charge in [-0.05, 0) is 35.7 Å². The molecule has 5 nitrogen and oxygen atoms in total. The summed E-state index contributed by atoms with van der Waals surface area (Å²) in [6, 6.07) is 11.3. The number of ether oxygens (including phenoxy) is 3. The van der Waals surface area contributed by atoms with E-state index in [-0.39, 0.29) is 31.0 Å². The van der Waals surface area contributed by atoms with Crippen molar-refractivity contribution in [1.29, 1.82) is 0 Å². The quantitative estimate of drug-likeness (QED) is 0.804. The molecule has 3 rings (SSSR count). The van der Waals surface area contributed by atoms with E-state index >= 15 is 0 Å². The molecule has 1 amide bonds. The Bertz CT molecular complexity index is 823. The Balaban J connectivity index is 1.52. The molecule has 0 saturated heterocycles. The lowest BCUT2D eigenvalue weighted by atomic mass is 10.1. The molecule has 2 aromatic rings. The Hall–Kier alpha value is -2.90. The second-order valence-electron chi connectivity index (χ2n) is 6.26. The zero-order chi connectivity index (χ0) is 20.0. The Kier molecular flexibility index (Phi) is 6.28. The maximum atomic E-state index is 12.5. The minimum atomic E-state index is -4.77. The molecule has 0 saturated carbocycles. The van der Waals surface area contributed by atoms with Gasteiger partial charge in [0, 0.05) is 19.4 Å². The highest BCUT2D eigenvalue weighted by atomic mass is 19.4. The first-order valence-electron chi connectivity index (χ1n) is 8.89. The minimum absolute atomic E-state index is 0.0444. The molecule has 0 atom stereocenters. The molecule has 1 aliphatic heterocycles. The van der Waals surface area contributed by atoms with E-state index in [0.29, 0.717) is 30.3 Å². The normalized spacial score (nSPS) is 13.5. The topological polar surface area (TPSA) is 56.8 Å². The molecule has 0 bridgehead atoms. The molecule has 1 heterocycles. The van der Waals surface area contributed by atoms with Crippen LogP contribution in [-0.4, -0.2) is 25.5 Å². The number of rotatable bonds is 6. The fraction of sp³-hybridized carbons (Fsp3) is 0.350. The van der Waals surface area contributed by atoms with E-state index in [2.05, 4.69) is 10.1 Å². The molecule has 1 N–H and O–H groups in total. The first kappa shape index (κ1) is 19.9. The number of carbonyl (C=O) groups excluding carboxylic acids is 1. The van der Waals surface area contributed by atoms with Gasteiger partial charge < -0.3 is 19.5 Å². The number of aryl methyl sites for hydroxylation is 1. The summed E-state index contributed by atoms with van der Waals surface area (Å²) in [5.41, 5.74) is 1.17. The summed E-state index contributed by atoms with van der Waals surface area (Å²) in [6.45, 7) is 1.46. The van der Waals surface area contributed by atoms with Crippen molar-refractivity contribution in [1.82, 2.24) is 5.32 Å². The third kappa shape index (κ3) is 5.80. The number of hydrogen-bond donors (Lipinski definition) is 1. The summed E-state index contributed by atoms with van der Waals surface area (Å²) >= 11 is 0. The summed E-state index contributed by atoms with van der Waals surface area (Å²) in [5.74, 6) is 0.760. The van der Waals surface area contributed by atoms with Crippen LogP contribution in [0.1, 0.15) is 24.0 Å². The first-order valence-corrected chi connectivity index (χ1v) is 8.89. The van der Waals surface area contributed by atoms with Crippen molar-refractivity contribution >= 4 is 5.91 Å². The molecule has 2 aromatic carbocycles. The lowest BCUT2D eigenvalue weighted by Crippen LogP contribution is -2.23. The van der Waals surface area contributed by atoms with E-state index in [1.807, 2.05) is 12.1 Å². The monoisotopic (exact) mass is 395 g/mol. The fourth-order valence-corrected chi connectivity index (χ4v) is 2.79. The third-order valence-electron chi connectivity index (χ3n) is 4.12. The van der Waals surface area contributed by atoms with E-state index in [1.54, 1.807) is 12.1 Å². The van der Waals surface area contributed by atoms with Gasteiger partial charge in [0.25, 0.3) is 0 Å². The van der Waals surface area contributed by atoms with Gasteiger partial charge in [-0.1, -0.05) is 24.3 Å². The van der Waals surface area contributed by atoms with Crippen LogP contribution in [0.25, 0.3) is 0 Å². The van der Waals surface area contributed by atoms with Crippen molar-refractivity contribution in [3.05, 3.63) is 53.6 Å². The van der Waals surface area contributed by atoms with E-state index < -0.39 is 6.36 Å². The number of hydrogen-bond acceptors (Lipinski definition) is 4. The number of fused-ring (bicyclic) bond motifs is 1. The average Bonchev–Trinajstić information content (AvgIpc) is 2.89. The van der Waals surface area contributed by atoms with Crippen molar-refractivity contribution in [2.24, 2.45) is 0 Å². The summed E-state index contributed by atoms with van der Waals surface area (Å²) < 4.78 is 52.5. The zero-order valence-corrected chi connectivity index (χ0v) is 15.1. The Labute approximate surface area is 160 Å². The van der Waals surface area contributed by atoms with Gasteiger partial charge in [0.15, 0.2) is 11.5 Å². The lowest BCUT2D eigenvalue weighted by molar-refractivity contribution is -0.274. The predicted octanol–water partition coefficient (Wildman–Crippen LogP) is 4.00. The SMILES string of the molecule is O=C(CCc1ccccc1OC(F)(F)F)NCc1ccc2c(c1)OCCCO2. The third-order valence-corrected chi connectivity index (χ3v) is 4.12. The number of para-hydroxylation sites is 1. The van der Waals surface area contributed by atoms with Crippen LogP contribution >= 0.6 is 0 Å². The van der Waals surface area contributed by atoms with E-state index in [4.69, 9.17) is 9.47 Å². The number of carbonyl (C=O) groups is 1. The Morgan fingerprint density at radius 2 is 1.82 bits per heavy atom. The molecule has 0 aliphatic carbocycles. The van der Waals surface area contributed by atoms with Crippen LogP contribution in [0.3, 0.4) is 0 Å². The average molecular weight is 395 g/mol. The molecule has 0 fully saturated rings. The largest absolute Gasteiger partial charge is 0.573 e. The first-order chi connectivity index (χ1) is 13.4. The van der Waals surface area contributed by atoms with Gasteiger partial charge in [0.05, 0.1) is 13.2 Å². The number of benzene rings is 2. The standard InChI is InChI=1S/C20H20F3NO4/c21-20(22,23)28-16-5-2-1-4-15(16)7-9-19(25)24-13-14-6-8-17-18(12-14)27-11-3-10-26-17/h1-2,4-6,8,12H,3,7,9-11,13H2,(H,24,25). The van der Waals surface area contributed by atoms with Crippen molar-refractivity contribution < 1.29 is 32.2 Å². The van der Waals surface area contributed by atoms with Gasteiger partial charge in [-0.2, -0.15) is 0 Å². The molecule has 0 spiro atoms. The summed E-state index contributed by atoms with van der Waals surface area (Å²) in [6.07, 6.45) is -3.78. The van der Waals surface area contributed by atoms with Crippen molar-refractivity contribution in [3.8, 4) is 17.2 Å². The number of amides is 1. The van der Waals surface area contributed by atoms with Crippen molar-refractivity contribution in [3.63, 3.8) is 0 Å². The zero-order valence-electron chi connectivity index (χ0n) is 15.1. The van der Waals surface area contributed by atoms with Crippen LogP contribution in [0.2, 0.25) is 0 Å². The highest BCUT2D eigenvalue weighted by Gasteiger charge is 2.31. The molecule has 1 aliphatic rings. The molecule has 0 unspecified atom stereocenters. The Morgan fingerprint density at radius 3 is 2.61 bits per heavy atom. The van der Waals surface area contributed by atoms with Crippen LogP contribution in [0, 0.1) is 0 Å². The van der Waals surface area contributed by atoms with Crippen LogP contribution in [-0.2, 0) is 17.8 Å². The van der Waals surface area contributed by atoms with E-state index in [1.165, 1.54) is 18.2 Å². The van der Waals surface area contributed by atoms with Gasteiger partial charge in [0.1, 0.15) is 5.75 Å². The molecular formula is C20H20F3NO4. The van der Waals surface area contributed by atoms with E-state index in [9.17, 15) is 18.0 Å². The fourth-order valence-electron chi connectivity index (χ4n) is 2.79. The lowest BCUT2D eigenvalue weighted by Gasteiger charge is -2.13. The predicted molar refractivity (Wildman–Crippen MR) is 95.3 cm³/mol. The molecule has 8 heteroatoms. The van der Waals surface area contributed by atoms with Gasteiger partial charge in [-0.25, -0.2) is 0 Å². The highest BCUT2D eigenvalue weighted by Crippen LogP contribution is 2.30. The van der Waals surface area contributed by atoms with Crippen LogP contribution in [0.15, 0.2) is 42.5 Å². The molecular weight excluding hydrogens is 375 g/mol. The van der Waals surface area contributed by atoms with Crippen LogP contribution in [0.4, 0.5) is 13.2 Å². The second-order valence-corrected chi connectivity index (χ2v) is 6.26. The van der Waals surface area contributed by atoms with Crippen molar-refractivity contribution in [2.75, 3.05) is 13.2 Å². The van der Waals surface area contributed by atoms with Crippen LogP contribution in [0.5, 0.6) is 17.2 Å². The second kappa shape index (κ2) is 8.86. The molecule has 0 radical (unpaired) electrons. The maximum absolute atomic E-state index is 12.5. The number of alkyl halides is 3. The molecule has 28 heavy (non-hydrogen) atoms. The van der Waals surface area contributed by atoms with Crippen LogP contribution < -0.4 is 19.5 Å². The smallest absolute Gasteiger partial charge is 0.490 e. The summed E-state index contributed by atoms with van der Waals surface area (Å²) in [5, 5.41) is 2.76. The van der Waals surface area contributed by atoms with Gasteiger partial charge >= 0.3 is 6.36 Å². The summed E-state index contributed by atoms with van der Waals surface area (Å²) in [7, 11) is 0. The molecule has 150 valence electrons. The van der Waals surface area contributed by atoms with Crippen molar-refractivity contribution in [2.45, 2.75) is 32.2 Å². The van der Waals surface area contributed by atoms with Gasteiger partial charge in [0.2, 0.25) is 5.91 Å². The molecule has 0 aromatic heterocycles. The van der Waals surface area contributed by atoms with Gasteiger partial charge in [-0.3, -0.25) is 4.79 Å². The number of nitrogens with one attached hydrogen (secondary N) is 1. The highest BCUT2D eigenvalue weighted by molar-refractivity contribution is 5.76. The van der Waals surface area contributed by atoms with E-state index in [0.717, 1.165) is 12.0 Å². The number of halogens is 3. The minimum Gasteiger partial charge on any atom is -0.490 e. The van der Waals surface area contributed by atoms with Gasteiger partial charge in [-0.15, -0.1) is 13.2 Å². The maximum Gasteiger partial charge on any atom is 0.573 e. The Morgan fingerprint density at radius 1 is 1.07 bits per heavy atom.